The van der Waals surface area contributed by atoms with Crippen LogP contribution in [0.2, 0.25) is 0 Å². The van der Waals surface area contributed by atoms with Gasteiger partial charge >= 0.3 is 0 Å². The van der Waals surface area contributed by atoms with Gasteiger partial charge in [0.25, 0.3) is 5.91 Å². The van der Waals surface area contributed by atoms with Crippen molar-refractivity contribution in [2.75, 3.05) is 6.54 Å². The predicted molar refractivity (Wildman–Crippen MR) is 106 cm³/mol. The molecule has 1 saturated heterocycles. The third-order valence-corrected chi connectivity index (χ3v) is 5.17. The molecular weight excluding hydrogens is 352 g/mol. The number of carbonyl (C=O) groups is 1. The molecule has 7 nitrogen and oxygen atoms in total. The summed E-state index contributed by atoms with van der Waals surface area (Å²) in [6, 6.07) is 5.63. The lowest BCUT2D eigenvalue weighted by Gasteiger charge is -2.35. The Balaban J connectivity index is 1.70. The van der Waals surface area contributed by atoms with Gasteiger partial charge in [-0.2, -0.15) is 0 Å². The zero-order valence-corrected chi connectivity index (χ0v) is 16.5. The van der Waals surface area contributed by atoms with E-state index >= 15 is 0 Å². The molecule has 3 aromatic heterocycles. The van der Waals surface area contributed by atoms with Crippen LogP contribution in [0.25, 0.3) is 11.5 Å². The maximum Gasteiger partial charge on any atom is 0.255 e. The van der Waals surface area contributed by atoms with Gasteiger partial charge in [-0.15, -0.1) is 0 Å². The van der Waals surface area contributed by atoms with Gasteiger partial charge in [0.1, 0.15) is 11.5 Å². The van der Waals surface area contributed by atoms with E-state index in [0.29, 0.717) is 11.4 Å². The smallest absolute Gasteiger partial charge is 0.255 e. The minimum atomic E-state index is -0.0664. The van der Waals surface area contributed by atoms with Crippen molar-refractivity contribution in [2.24, 2.45) is 7.05 Å². The van der Waals surface area contributed by atoms with Crippen molar-refractivity contribution in [3.8, 4) is 11.5 Å². The van der Waals surface area contributed by atoms with Gasteiger partial charge in [-0.25, -0.2) is 15.0 Å². The number of amides is 1. The third-order valence-electron chi connectivity index (χ3n) is 5.17. The Morgan fingerprint density at radius 3 is 2.71 bits per heavy atom. The number of carbonyl (C=O) groups excluding carboxylic acids is 1. The summed E-state index contributed by atoms with van der Waals surface area (Å²) in [6.07, 6.45) is 8.27. The minimum Gasteiger partial charge on any atom is -0.333 e. The second kappa shape index (κ2) is 7.50. The first-order chi connectivity index (χ1) is 13.5. The van der Waals surface area contributed by atoms with Gasteiger partial charge in [-0.3, -0.25) is 9.78 Å². The molecule has 28 heavy (non-hydrogen) atoms. The number of imidazole rings is 1. The van der Waals surface area contributed by atoms with Crippen LogP contribution in [0.1, 0.15) is 52.9 Å². The number of hydrogen-bond donors (Lipinski definition) is 0. The summed E-state index contributed by atoms with van der Waals surface area (Å²) in [5.41, 5.74) is 3.18. The molecule has 4 rings (SSSR count). The summed E-state index contributed by atoms with van der Waals surface area (Å²) in [7, 11) is 1.94. The van der Waals surface area contributed by atoms with Crippen molar-refractivity contribution in [1.82, 2.24) is 29.4 Å². The van der Waals surface area contributed by atoms with Crippen LogP contribution in [0, 0.1) is 13.8 Å². The van der Waals surface area contributed by atoms with Gasteiger partial charge in [0.2, 0.25) is 0 Å². The molecule has 0 N–H and O–H groups in total. The molecule has 1 unspecified atom stereocenters. The minimum absolute atomic E-state index is 0.00649. The fourth-order valence-electron chi connectivity index (χ4n) is 3.73. The maximum absolute atomic E-state index is 13.2. The predicted octanol–water partition coefficient (Wildman–Crippen LogP) is 3.26. The van der Waals surface area contributed by atoms with E-state index in [1.165, 1.54) is 0 Å². The Morgan fingerprint density at radius 2 is 2.00 bits per heavy atom. The molecule has 0 radical (unpaired) electrons. The molecule has 0 aromatic carbocycles. The standard InChI is InChI=1S/C21H24N6O/c1-14-7-8-16(13-23-14)21(28)27-10-5-4-6-19(27)17-12-18(25-15(2)24-17)20-22-9-11-26(20)3/h7-9,11-13,19H,4-6,10H2,1-3H3. The highest BCUT2D eigenvalue weighted by Gasteiger charge is 2.30. The Bertz CT molecular complexity index is 994. The Morgan fingerprint density at radius 1 is 1.14 bits per heavy atom. The Labute approximate surface area is 164 Å². The lowest BCUT2D eigenvalue weighted by atomic mass is 9.97. The van der Waals surface area contributed by atoms with Crippen molar-refractivity contribution in [1.29, 1.82) is 0 Å². The average Bonchev–Trinajstić information content (AvgIpc) is 3.13. The van der Waals surface area contributed by atoms with Crippen LogP contribution < -0.4 is 0 Å². The van der Waals surface area contributed by atoms with Crippen molar-refractivity contribution >= 4 is 5.91 Å². The van der Waals surface area contributed by atoms with Gasteiger partial charge in [0, 0.05) is 37.9 Å². The highest BCUT2D eigenvalue weighted by Crippen LogP contribution is 2.32. The lowest BCUT2D eigenvalue weighted by Crippen LogP contribution is -2.39. The fourth-order valence-corrected chi connectivity index (χ4v) is 3.73. The number of rotatable bonds is 3. The molecule has 1 aliphatic heterocycles. The number of nitrogens with zero attached hydrogens (tertiary/aromatic N) is 6. The highest BCUT2D eigenvalue weighted by atomic mass is 16.2. The number of piperidine rings is 1. The Kier molecular flexibility index (Phi) is 4.90. The summed E-state index contributed by atoms with van der Waals surface area (Å²) < 4.78 is 1.94. The van der Waals surface area contributed by atoms with E-state index in [9.17, 15) is 4.79 Å². The van der Waals surface area contributed by atoms with E-state index in [0.717, 1.165) is 48.7 Å². The van der Waals surface area contributed by atoms with Gasteiger partial charge in [-0.1, -0.05) is 0 Å². The number of aryl methyl sites for hydroxylation is 3. The van der Waals surface area contributed by atoms with Crippen molar-refractivity contribution < 1.29 is 4.79 Å². The first-order valence-corrected chi connectivity index (χ1v) is 9.60. The van der Waals surface area contributed by atoms with Crippen molar-refractivity contribution in [2.45, 2.75) is 39.2 Å². The third kappa shape index (κ3) is 3.52. The van der Waals surface area contributed by atoms with Crippen LogP contribution >= 0.6 is 0 Å². The van der Waals surface area contributed by atoms with E-state index < -0.39 is 0 Å². The topological polar surface area (TPSA) is 76.8 Å². The second-order valence-corrected chi connectivity index (χ2v) is 7.29. The summed E-state index contributed by atoms with van der Waals surface area (Å²) in [5.74, 6) is 1.49. The van der Waals surface area contributed by atoms with Gasteiger partial charge in [-0.05, 0) is 51.3 Å². The van der Waals surface area contributed by atoms with Crippen LogP contribution in [0.3, 0.4) is 0 Å². The van der Waals surface area contributed by atoms with Crippen LogP contribution in [-0.2, 0) is 7.05 Å². The molecule has 1 amide bonds. The summed E-state index contributed by atoms with van der Waals surface area (Å²) in [6.45, 7) is 4.52. The molecule has 4 heterocycles. The first-order valence-electron chi connectivity index (χ1n) is 9.60. The molecule has 0 bridgehead atoms. The zero-order valence-electron chi connectivity index (χ0n) is 16.5. The van der Waals surface area contributed by atoms with E-state index in [1.807, 2.05) is 54.8 Å². The quantitative estimate of drug-likeness (QED) is 0.701. The van der Waals surface area contributed by atoms with Gasteiger partial charge in [0.15, 0.2) is 5.82 Å². The van der Waals surface area contributed by atoms with E-state index in [2.05, 4.69) is 19.9 Å². The molecular formula is C21H24N6O. The SMILES string of the molecule is Cc1ccc(C(=O)N2CCCCC2c2cc(-c3nccn3C)nc(C)n2)cn1. The molecule has 7 heteroatoms. The molecule has 0 aliphatic carbocycles. The van der Waals surface area contributed by atoms with E-state index in [4.69, 9.17) is 0 Å². The fraction of sp³-hybridized carbons (Fsp3) is 0.381. The molecule has 1 aliphatic rings. The van der Waals surface area contributed by atoms with Crippen molar-refractivity contribution in [3.05, 3.63) is 59.6 Å². The average molecular weight is 376 g/mol. The normalized spacial score (nSPS) is 17.0. The number of hydrogen-bond acceptors (Lipinski definition) is 5. The summed E-state index contributed by atoms with van der Waals surface area (Å²) in [5, 5.41) is 0. The molecule has 0 saturated carbocycles. The monoisotopic (exact) mass is 376 g/mol. The van der Waals surface area contributed by atoms with Crippen LogP contribution in [-0.4, -0.2) is 41.9 Å². The van der Waals surface area contributed by atoms with Crippen LogP contribution in [0.5, 0.6) is 0 Å². The number of aromatic nitrogens is 5. The van der Waals surface area contributed by atoms with E-state index in [1.54, 1.807) is 12.4 Å². The Hall–Kier alpha value is -3.09. The second-order valence-electron chi connectivity index (χ2n) is 7.29. The summed E-state index contributed by atoms with van der Waals surface area (Å²) in [4.78, 5) is 33.0. The molecule has 0 spiro atoms. The molecule has 1 fully saturated rings. The molecule has 1 atom stereocenters. The van der Waals surface area contributed by atoms with Crippen LogP contribution in [0.15, 0.2) is 36.8 Å². The van der Waals surface area contributed by atoms with Gasteiger partial charge < -0.3 is 9.47 Å². The van der Waals surface area contributed by atoms with Gasteiger partial charge in [0.05, 0.1) is 17.3 Å². The molecule has 3 aromatic rings. The molecule has 144 valence electrons. The largest absolute Gasteiger partial charge is 0.333 e. The van der Waals surface area contributed by atoms with Crippen molar-refractivity contribution in [3.63, 3.8) is 0 Å². The number of pyridine rings is 1. The summed E-state index contributed by atoms with van der Waals surface area (Å²) >= 11 is 0. The lowest BCUT2D eigenvalue weighted by molar-refractivity contribution is 0.0605. The first kappa shape index (κ1) is 18.3. The van der Waals surface area contributed by atoms with Crippen LogP contribution in [0.4, 0.5) is 0 Å². The zero-order chi connectivity index (χ0) is 19.7. The van der Waals surface area contributed by atoms with E-state index in [-0.39, 0.29) is 11.9 Å². The number of likely N-dealkylation sites (tertiary alicyclic amines) is 1. The maximum atomic E-state index is 13.2. The highest BCUT2D eigenvalue weighted by molar-refractivity contribution is 5.94.